The zero-order valence-electron chi connectivity index (χ0n) is 10.7. The molecular weight excluding hydrogens is 230 g/mol. The quantitative estimate of drug-likeness (QED) is 0.609. The zero-order chi connectivity index (χ0) is 12.7. The highest BCUT2D eigenvalue weighted by molar-refractivity contribution is 5.83. The van der Waals surface area contributed by atoms with E-state index in [4.69, 9.17) is 0 Å². The number of amides is 3. The maximum atomic E-state index is 12.2. The second kappa shape index (κ2) is 4.44. The van der Waals surface area contributed by atoms with Crippen molar-refractivity contribution in [2.45, 2.75) is 32.1 Å². The Balaban J connectivity index is 1.62. The SMILES string of the molecule is CNC(=O)NNC(=O)C1C2CC3CC(C2)CC1C3. The molecule has 4 aliphatic rings. The summed E-state index contributed by atoms with van der Waals surface area (Å²) in [4.78, 5) is 23.3. The van der Waals surface area contributed by atoms with Crippen LogP contribution in [0.15, 0.2) is 0 Å². The number of hydrogen-bond donors (Lipinski definition) is 3. The summed E-state index contributed by atoms with van der Waals surface area (Å²) in [5, 5.41) is 2.42. The Bertz CT molecular complexity index is 341. The zero-order valence-corrected chi connectivity index (χ0v) is 10.7. The number of urea groups is 1. The molecule has 5 heteroatoms. The van der Waals surface area contributed by atoms with Crippen molar-refractivity contribution in [1.82, 2.24) is 16.2 Å². The molecule has 18 heavy (non-hydrogen) atoms. The smallest absolute Gasteiger partial charge is 0.333 e. The van der Waals surface area contributed by atoms with Gasteiger partial charge >= 0.3 is 6.03 Å². The van der Waals surface area contributed by atoms with Crippen molar-refractivity contribution < 1.29 is 9.59 Å². The molecule has 0 saturated heterocycles. The lowest BCUT2D eigenvalue weighted by Gasteiger charge is -2.53. The molecule has 0 heterocycles. The van der Waals surface area contributed by atoms with E-state index in [0.29, 0.717) is 11.8 Å². The number of rotatable bonds is 1. The third kappa shape index (κ3) is 1.95. The van der Waals surface area contributed by atoms with E-state index in [1.165, 1.54) is 39.2 Å². The molecule has 0 aliphatic heterocycles. The van der Waals surface area contributed by atoms with Crippen LogP contribution in [-0.4, -0.2) is 19.0 Å². The Kier molecular flexibility index (Phi) is 2.92. The first kappa shape index (κ1) is 11.8. The second-order valence-electron chi connectivity index (χ2n) is 6.15. The predicted octanol–water partition coefficient (Wildman–Crippen LogP) is 1.02. The topological polar surface area (TPSA) is 70.2 Å². The number of hydrazine groups is 1. The summed E-state index contributed by atoms with van der Waals surface area (Å²) in [6.45, 7) is 0. The van der Waals surface area contributed by atoms with Gasteiger partial charge in [-0.3, -0.25) is 10.2 Å². The van der Waals surface area contributed by atoms with E-state index in [1.807, 2.05) is 0 Å². The maximum absolute atomic E-state index is 12.2. The summed E-state index contributed by atoms with van der Waals surface area (Å²) >= 11 is 0. The molecule has 5 nitrogen and oxygen atoms in total. The van der Waals surface area contributed by atoms with E-state index < -0.39 is 0 Å². The summed E-state index contributed by atoms with van der Waals surface area (Å²) in [7, 11) is 1.53. The highest BCUT2D eigenvalue weighted by Gasteiger charge is 2.50. The molecular formula is C13H21N3O2. The number of carbonyl (C=O) groups excluding carboxylic acids is 2. The standard InChI is InChI=1S/C13H21N3O2/c1-14-13(18)16-15-12(17)11-9-3-7-2-8(5-9)6-10(11)4-7/h7-11H,2-6H2,1H3,(H,15,17)(H2,14,16,18). The minimum absolute atomic E-state index is 0.00685. The van der Waals surface area contributed by atoms with Crippen LogP contribution < -0.4 is 16.2 Å². The van der Waals surface area contributed by atoms with Crippen LogP contribution in [0.4, 0.5) is 4.79 Å². The molecule has 0 radical (unpaired) electrons. The molecule has 0 aromatic carbocycles. The normalized spacial score (nSPS) is 40.4. The van der Waals surface area contributed by atoms with Crippen LogP contribution in [0.2, 0.25) is 0 Å². The predicted molar refractivity (Wildman–Crippen MR) is 66.3 cm³/mol. The first-order valence-corrected chi connectivity index (χ1v) is 6.95. The number of hydrogen-bond acceptors (Lipinski definition) is 2. The van der Waals surface area contributed by atoms with E-state index in [-0.39, 0.29) is 17.9 Å². The van der Waals surface area contributed by atoms with Crippen molar-refractivity contribution in [3.63, 3.8) is 0 Å². The van der Waals surface area contributed by atoms with Crippen LogP contribution in [0, 0.1) is 29.6 Å². The Hall–Kier alpha value is -1.26. The third-order valence-electron chi connectivity index (χ3n) is 5.06. The van der Waals surface area contributed by atoms with Gasteiger partial charge in [0.25, 0.3) is 0 Å². The van der Waals surface area contributed by atoms with E-state index in [1.54, 1.807) is 0 Å². The Morgan fingerprint density at radius 3 is 1.94 bits per heavy atom. The van der Waals surface area contributed by atoms with Gasteiger partial charge in [0.1, 0.15) is 0 Å². The third-order valence-corrected chi connectivity index (χ3v) is 5.06. The van der Waals surface area contributed by atoms with E-state index in [9.17, 15) is 9.59 Å². The lowest BCUT2D eigenvalue weighted by Crippen LogP contribution is -2.55. The molecule has 0 spiro atoms. The van der Waals surface area contributed by atoms with E-state index in [2.05, 4.69) is 16.2 Å². The van der Waals surface area contributed by atoms with Crippen molar-refractivity contribution in [2.75, 3.05) is 7.05 Å². The molecule has 4 saturated carbocycles. The van der Waals surface area contributed by atoms with Gasteiger partial charge in [0, 0.05) is 13.0 Å². The summed E-state index contributed by atoms with van der Waals surface area (Å²) in [5.41, 5.74) is 4.95. The molecule has 0 unspecified atom stereocenters. The molecule has 0 aromatic heterocycles. The first-order valence-electron chi connectivity index (χ1n) is 6.95. The van der Waals surface area contributed by atoms with Gasteiger partial charge < -0.3 is 5.32 Å². The lowest BCUT2D eigenvalue weighted by molar-refractivity contribution is -0.138. The molecule has 4 fully saturated rings. The molecule has 0 aromatic rings. The summed E-state index contributed by atoms with van der Waals surface area (Å²) in [5.74, 6) is 2.95. The van der Waals surface area contributed by atoms with Crippen molar-refractivity contribution in [1.29, 1.82) is 0 Å². The fourth-order valence-electron chi connectivity index (χ4n) is 4.62. The maximum Gasteiger partial charge on any atom is 0.333 e. The molecule has 0 atom stereocenters. The summed E-state index contributed by atoms with van der Waals surface area (Å²) in [6.07, 6.45) is 6.24. The fourth-order valence-corrected chi connectivity index (χ4v) is 4.62. The van der Waals surface area contributed by atoms with Gasteiger partial charge in [0.05, 0.1) is 0 Å². The van der Waals surface area contributed by atoms with Crippen LogP contribution in [0.1, 0.15) is 32.1 Å². The van der Waals surface area contributed by atoms with Gasteiger partial charge in [-0.15, -0.1) is 0 Å². The fraction of sp³-hybridized carbons (Fsp3) is 0.846. The molecule has 4 aliphatic carbocycles. The molecule has 3 N–H and O–H groups in total. The van der Waals surface area contributed by atoms with Gasteiger partial charge in [-0.1, -0.05) is 0 Å². The van der Waals surface area contributed by atoms with Gasteiger partial charge in [0.2, 0.25) is 5.91 Å². The van der Waals surface area contributed by atoms with Gasteiger partial charge in [-0.05, 0) is 55.8 Å². The first-order chi connectivity index (χ1) is 8.67. The average molecular weight is 251 g/mol. The van der Waals surface area contributed by atoms with Gasteiger partial charge in [0.15, 0.2) is 0 Å². The van der Waals surface area contributed by atoms with Crippen LogP contribution in [0.3, 0.4) is 0 Å². The summed E-state index contributed by atoms with van der Waals surface area (Å²) < 4.78 is 0. The molecule has 4 rings (SSSR count). The molecule has 4 bridgehead atoms. The average Bonchev–Trinajstić information content (AvgIpc) is 2.34. The minimum Gasteiger partial charge on any atom is -0.340 e. The van der Waals surface area contributed by atoms with Crippen molar-refractivity contribution >= 4 is 11.9 Å². The monoisotopic (exact) mass is 251 g/mol. The van der Waals surface area contributed by atoms with Gasteiger partial charge in [-0.2, -0.15) is 0 Å². The van der Waals surface area contributed by atoms with Gasteiger partial charge in [-0.25, -0.2) is 10.2 Å². The second-order valence-corrected chi connectivity index (χ2v) is 6.15. The number of nitrogens with one attached hydrogen (secondary N) is 3. The highest BCUT2D eigenvalue weighted by atomic mass is 16.2. The molecule has 100 valence electrons. The Labute approximate surface area is 107 Å². The van der Waals surface area contributed by atoms with E-state index in [0.717, 1.165) is 11.8 Å². The van der Waals surface area contributed by atoms with Crippen LogP contribution >= 0.6 is 0 Å². The Morgan fingerprint density at radius 2 is 1.44 bits per heavy atom. The minimum atomic E-state index is -0.368. The highest BCUT2D eigenvalue weighted by Crippen LogP contribution is 2.56. The van der Waals surface area contributed by atoms with Crippen molar-refractivity contribution in [2.24, 2.45) is 29.6 Å². The lowest BCUT2D eigenvalue weighted by atomic mass is 9.52. The van der Waals surface area contributed by atoms with Crippen LogP contribution in [0.25, 0.3) is 0 Å². The van der Waals surface area contributed by atoms with Crippen LogP contribution in [-0.2, 0) is 4.79 Å². The summed E-state index contributed by atoms with van der Waals surface area (Å²) in [6, 6.07) is -0.368. The number of carbonyl (C=O) groups is 2. The van der Waals surface area contributed by atoms with E-state index >= 15 is 0 Å². The van der Waals surface area contributed by atoms with Crippen molar-refractivity contribution in [3.05, 3.63) is 0 Å². The largest absolute Gasteiger partial charge is 0.340 e. The van der Waals surface area contributed by atoms with Crippen molar-refractivity contribution in [3.8, 4) is 0 Å². The Morgan fingerprint density at radius 1 is 0.889 bits per heavy atom. The van der Waals surface area contributed by atoms with Crippen LogP contribution in [0.5, 0.6) is 0 Å². The molecule has 3 amide bonds.